The molecule has 0 aliphatic heterocycles. The molecule has 1 heterocycles. The molecule has 0 aliphatic rings. The Morgan fingerprint density at radius 1 is 0.688 bits per heavy atom. The maximum Gasteiger partial charge on any atom is 0.269 e. The van der Waals surface area contributed by atoms with E-state index in [1.165, 1.54) is 24.5 Å². The number of nitrogens with one attached hydrogen (secondary N) is 4. The predicted molar refractivity (Wildman–Crippen MR) is 118 cm³/mol. The third-order valence-corrected chi connectivity index (χ3v) is 4.35. The zero-order valence-corrected chi connectivity index (χ0v) is 17.0. The molecular formula is C23H21N5O4. The van der Waals surface area contributed by atoms with Crippen molar-refractivity contribution in [2.45, 2.75) is 6.42 Å². The second-order valence-corrected chi connectivity index (χ2v) is 6.61. The lowest BCUT2D eigenvalue weighted by molar-refractivity contribution is -0.121. The molecule has 0 spiro atoms. The first-order valence-corrected chi connectivity index (χ1v) is 9.77. The van der Waals surface area contributed by atoms with Crippen LogP contribution in [0.15, 0.2) is 79.1 Å². The van der Waals surface area contributed by atoms with Crippen molar-refractivity contribution >= 4 is 29.3 Å². The summed E-state index contributed by atoms with van der Waals surface area (Å²) >= 11 is 0. The first-order valence-electron chi connectivity index (χ1n) is 9.77. The number of pyridine rings is 1. The molecule has 162 valence electrons. The monoisotopic (exact) mass is 431 g/mol. The third-order valence-electron chi connectivity index (χ3n) is 4.35. The number of anilines is 1. The van der Waals surface area contributed by atoms with E-state index in [1.807, 2.05) is 0 Å². The maximum atomic E-state index is 12.5. The van der Waals surface area contributed by atoms with Gasteiger partial charge in [-0.15, -0.1) is 0 Å². The summed E-state index contributed by atoms with van der Waals surface area (Å²) in [5.74, 6) is -1.73. The van der Waals surface area contributed by atoms with E-state index in [9.17, 15) is 19.2 Å². The Hall–Kier alpha value is -4.53. The fourth-order valence-corrected chi connectivity index (χ4v) is 2.72. The number of hydrogen-bond acceptors (Lipinski definition) is 5. The van der Waals surface area contributed by atoms with E-state index < -0.39 is 17.7 Å². The summed E-state index contributed by atoms with van der Waals surface area (Å²) in [6.07, 6.45) is 2.87. The number of aromatic nitrogens is 1. The highest BCUT2D eigenvalue weighted by atomic mass is 16.2. The first-order chi connectivity index (χ1) is 15.5. The highest BCUT2D eigenvalue weighted by Gasteiger charge is 2.14. The summed E-state index contributed by atoms with van der Waals surface area (Å²) in [6, 6.07) is 18.2. The molecule has 9 heteroatoms. The molecule has 0 radical (unpaired) electrons. The summed E-state index contributed by atoms with van der Waals surface area (Å²) in [5, 5.41) is 5.35. The van der Waals surface area contributed by atoms with Crippen molar-refractivity contribution in [1.82, 2.24) is 21.2 Å². The van der Waals surface area contributed by atoms with Crippen LogP contribution in [0.4, 0.5) is 5.69 Å². The molecule has 3 aromatic rings. The number of carbonyl (C=O) groups excluding carboxylic acids is 4. The van der Waals surface area contributed by atoms with E-state index in [0.29, 0.717) is 16.8 Å². The second kappa shape index (κ2) is 11.0. The minimum Gasteiger partial charge on any atom is -0.351 e. The number of benzene rings is 2. The van der Waals surface area contributed by atoms with Crippen LogP contribution in [-0.4, -0.2) is 35.2 Å². The summed E-state index contributed by atoms with van der Waals surface area (Å²) in [4.78, 5) is 52.6. The van der Waals surface area contributed by atoms with E-state index >= 15 is 0 Å². The van der Waals surface area contributed by atoms with Gasteiger partial charge in [0, 0.05) is 36.5 Å². The summed E-state index contributed by atoms with van der Waals surface area (Å²) in [7, 11) is 0. The molecule has 0 unspecified atom stereocenters. The SMILES string of the molecule is O=C(CCNC(=O)c1ccccc1NC(=O)c1ccccc1)NNC(=O)c1ccncc1. The highest BCUT2D eigenvalue weighted by Crippen LogP contribution is 2.16. The Bertz CT molecular complexity index is 1100. The van der Waals surface area contributed by atoms with E-state index in [1.54, 1.807) is 54.6 Å². The molecule has 4 N–H and O–H groups in total. The number of hydrogen-bond donors (Lipinski definition) is 4. The average molecular weight is 431 g/mol. The van der Waals surface area contributed by atoms with Crippen LogP contribution in [0.2, 0.25) is 0 Å². The molecule has 2 aromatic carbocycles. The van der Waals surface area contributed by atoms with Gasteiger partial charge in [0.15, 0.2) is 0 Å². The molecule has 32 heavy (non-hydrogen) atoms. The number of nitrogens with zero attached hydrogens (tertiary/aromatic N) is 1. The fourth-order valence-electron chi connectivity index (χ4n) is 2.72. The van der Waals surface area contributed by atoms with E-state index in [2.05, 4.69) is 26.5 Å². The van der Waals surface area contributed by atoms with Crippen molar-refractivity contribution in [3.05, 3.63) is 95.8 Å². The fraction of sp³-hybridized carbons (Fsp3) is 0.0870. The van der Waals surface area contributed by atoms with Crippen LogP contribution in [0.25, 0.3) is 0 Å². The van der Waals surface area contributed by atoms with Gasteiger partial charge in [-0.3, -0.25) is 35.0 Å². The predicted octanol–water partition coefficient (Wildman–Crippen LogP) is 1.91. The van der Waals surface area contributed by atoms with Gasteiger partial charge in [-0.1, -0.05) is 30.3 Å². The molecule has 0 aliphatic carbocycles. The van der Waals surface area contributed by atoms with E-state index in [0.717, 1.165) is 0 Å². The molecule has 0 saturated carbocycles. The van der Waals surface area contributed by atoms with Crippen LogP contribution < -0.4 is 21.5 Å². The van der Waals surface area contributed by atoms with Crippen LogP contribution in [-0.2, 0) is 4.79 Å². The lowest BCUT2D eigenvalue weighted by atomic mass is 10.1. The van der Waals surface area contributed by atoms with Crippen molar-refractivity contribution in [3.63, 3.8) is 0 Å². The van der Waals surface area contributed by atoms with Crippen LogP contribution in [0.5, 0.6) is 0 Å². The number of carbonyl (C=O) groups is 4. The standard InChI is InChI=1S/C23H21N5O4/c29-20(27-28-22(31)17-10-13-24-14-11-17)12-15-25-23(32)18-8-4-5-9-19(18)26-21(30)16-6-2-1-3-7-16/h1-11,13-14H,12,15H2,(H,25,32)(H,26,30)(H,27,29)(H,28,31). The minimum atomic E-state index is -0.479. The van der Waals surface area contributed by atoms with Crippen molar-refractivity contribution in [2.75, 3.05) is 11.9 Å². The molecule has 0 saturated heterocycles. The maximum absolute atomic E-state index is 12.5. The summed E-state index contributed by atoms with van der Waals surface area (Å²) < 4.78 is 0. The van der Waals surface area contributed by atoms with Crippen molar-refractivity contribution in [3.8, 4) is 0 Å². The lowest BCUT2D eigenvalue weighted by Gasteiger charge is -2.12. The van der Waals surface area contributed by atoms with Crippen molar-refractivity contribution in [2.24, 2.45) is 0 Å². The van der Waals surface area contributed by atoms with Gasteiger partial charge in [0.25, 0.3) is 17.7 Å². The molecule has 4 amide bonds. The Morgan fingerprint density at radius 2 is 1.34 bits per heavy atom. The smallest absolute Gasteiger partial charge is 0.269 e. The largest absolute Gasteiger partial charge is 0.351 e. The van der Waals surface area contributed by atoms with Gasteiger partial charge in [-0.05, 0) is 36.4 Å². The number of hydrazine groups is 1. The third kappa shape index (κ3) is 6.23. The Labute approximate surface area is 184 Å². The van der Waals surface area contributed by atoms with Crippen molar-refractivity contribution < 1.29 is 19.2 Å². The van der Waals surface area contributed by atoms with Gasteiger partial charge in [-0.2, -0.15) is 0 Å². The highest BCUT2D eigenvalue weighted by molar-refractivity contribution is 6.09. The van der Waals surface area contributed by atoms with Crippen LogP contribution >= 0.6 is 0 Å². The van der Waals surface area contributed by atoms with Gasteiger partial charge in [0.1, 0.15) is 0 Å². The molecule has 0 atom stereocenters. The van der Waals surface area contributed by atoms with E-state index in [4.69, 9.17) is 0 Å². The van der Waals surface area contributed by atoms with Gasteiger partial charge in [0.05, 0.1) is 11.3 Å². The molecule has 0 fully saturated rings. The van der Waals surface area contributed by atoms with Gasteiger partial charge >= 0.3 is 0 Å². The Morgan fingerprint density at radius 3 is 2.09 bits per heavy atom. The zero-order chi connectivity index (χ0) is 22.8. The molecule has 9 nitrogen and oxygen atoms in total. The van der Waals surface area contributed by atoms with Crippen LogP contribution in [0.1, 0.15) is 37.5 Å². The molecule has 1 aromatic heterocycles. The lowest BCUT2D eigenvalue weighted by Crippen LogP contribution is -2.42. The average Bonchev–Trinajstić information content (AvgIpc) is 2.84. The van der Waals surface area contributed by atoms with Crippen LogP contribution in [0.3, 0.4) is 0 Å². The van der Waals surface area contributed by atoms with Gasteiger partial charge < -0.3 is 10.6 Å². The topological polar surface area (TPSA) is 129 Å². The van der Waals surface area contributed by atoms with Gasteiger partial charge in [0.2, 0.25) is 5.91 Å². The van der Waals surface area contributed by atoms with Crippen molar-refractivity contribution in [1.29, 1.82) is 0 Å². The second-order valence-electron chi connectivity index (χ2n) is 6.61. The zero-order valence-electron chi connectivity index (χ0n) is 17.0. The summed E-state index contributed by atoms with van der Waals surface area (Å²) in [5.41, 5.74) is 6.01. The first kappa shape index (κ1) is 22.2. The Balaban J connectivity index is 1.48. The van der Waals surface area contributed by atoms with E-state index in [-0.39, 0.29) is 24.4 Å². The van der Waals surface area contributed by atoms with Gasteiger partial charge in [-0.25, -0.2) is 0 Å². The molecule has 0 bridgehead atoms. The quantitative estimate of drug-likeness (QED) is 0.425. The minimum absolute atomic E-state index is 0.0385. The number of amides is 4. The normalized spacial score (nSPS) is 10.0. The van der Waals surface area contributed by atoms with Crippen LogP contribution in [0, 0.1) is 0 Å². The number of para-hydroxylation sites is 1. The molecular weight excluding hydrogens is 410 g/mol. The number of rotatable bonds is 7. The molecule has 3 rings (SSSR count). The Kier molecular flexibility index (Phi) is 7.63. The summed E-state index contributed by atoms with van der Waals surface area (Å²) in [6.45, 7) is 0.0385.